The maximum absolute atomic E-state index is 13.0. The Morgan fingerprint density at radius 2 is 1.64 bits per heavy atom. The van der Waals surface area contributed by atoms with Gasteiger partial charge in [-0.2, -0.15) is 4.31 Å². The van der Waals surface area contributed by atoms with Gasteiger partial charge in [0.15, 0.2) is 15.0 Å². The molecule has 3 aromatic rings. The molecule has 4 rings (SSSR count). The molecule has 0 saturated carbocycles. The number of sulfonamides is 1. The molecule has 1 amide bonds. The maximum Gasteiger partial charge on any atom is 0.257 e. The lowest BCUT2D eigenvalue weighted by Crippen LogP contribution is -2.48. The molecular formula is C21H23N3O6S3. The van der Waals surface area contributed by atoms with Gasteiger partial charge in [0.1, 0.15) is 0 Å². The SMILES string of the molecule is CC1CN(S(=O)(=O)c2ccc(C(=O)Nc3nc4ccc(S(C)(=O)=O)cc4s3)cc2)CC(C)O1. The molecule has 2 aromatic carbocycles. The maximum atomic E-state index is 13.0. The fourth-order valence-corrected chi connectivity index (χ4v) is 6.83. The van der Waals surface area contributed by atoms with Crippen LogP contribution in [-0.4, -0.2) is 63.6 Å². The quantitative estimate of drug-likeness (QED) is 0.561. The average Bonchev–Trinajstić information content (AvgIpc) is 3.14. The van der Waals surface area contributed by atoms with Gasteiger partial charge in [-0.25, -0.2) is 21.8 Å². The van der Waals surface area contributed by atoms with Crippen molar-refractivity contribution in [3.63, 3.8) is 0 Å². The van der Waals surface area contributed by atoms with Crippen molar-refractivity contribution in [1.29, 1.82) is 0 Å². The zero-order chi connectivity index (χ0) is 24.0. The number of hydrogen-bond acceptors (Lipinski definition) is 8. The molecule has 1 N–H and O–H groups in total. The van der Waals surface area contributed by atoms with Crippen molar-refractivity contribution in [2.75, 3.05) is 24.7 Å². The summed E-state index contributed by atoms with van der Waals surface area (Å²) in [5, 5.41) is 3.00. The van der Waals surface area contributed by atoms with E-state index in [2.05, 4.69) is 10.3 Å². The average molecular weight is 510 g/mol. The topological polar surface area (TPSA) is 123 Å². The minimum atomic E-state index is -3.70. The molecule has 2 heterocycles. The summed E-state index contributed by atoms with van der Waals surface area (Å²) in [5.41, 5.74) is 0.840. The van der Waals surface area contributed by atoms with Gasteiger partial charge >= 0.3 is 0 Å². The smallest absolute Gasteiger partial charge is 0.257 e. The summed E-state index contributed by atoms with van der Waals surface area (Å²) in [5.74, 6) is -0.449. The Balaban J connectivity index is 1.50. The molecular weight excluding hydrogens is 486 g/mol. The third-order valence-electron chi connectivity index (χ3n) is 5.15. The number of sulfone groups is 1. The summed E-state index contributed by atoms with van der Waals surface area (Å²) in [6.07, 6.45) is 0.730. The molecule has 0 bridgehead atoms. The highest BCUT2D eigenvalue weighted by molar-refractivity contribution is 7.90. The number of aromatic nitrogens is 1. The van der Waals surface area contributed by atoms with Crippen LogP contribution in [-0.2, 0) is 24.6 Å². The van der Waals surface area contributed by atoms with E-state index in [-0.39, 0.29) is 40.7 Å². The van der Waals surface area contributed by atoms with Gasteiger partial charge in [0, 0.05) is 24.9 Å². The zero-order valence-electron chi connectivity index (χ0n) is 18.2. The summed E-state index contributed by atoms with van der Waals surface area (Å²) in [6.45, 7) is 4.20. The van der Waals surface area contributed by atoms with Gasteiger partial charge < -0.3 is 4.74 Å². The van der Waals surface area contributed by atoms with Gasteiger partial charge in [0.2, 0.25) is 10.0 Å². The van der Waals surface area contributed by atoms with E-state index < -0.39 is 25.8 Å². The highest BCUT2D eigenvalue weighted by atomic mass is 32.2. The second-order valence-electron chi connectivity index (χ2n) is 7.98. The number of thiazole rings is 1. The van der Waals surface area contributed by atoms with Crippen molar-refractivity contribution < 1.29 is 26.4 Å². The molecule has 176 valence electrons. The van der Waals surface area contributed by atoms with Crippen LogP contribution < -0.4 is 5.32 Å². The first-order chi connectivity index (χ1) is 15.4. The van der Waals surface area contributed by atoms with Crippen LogP contribution in [0, 0.1) is 0 Å². The molecule has 9 nitrogen and oxygen atoms in total. The minimum Gasteiger partial charge on any atom is -0.373 e. The summed E-state index contributed by atoms with van der Waals surface area (Å²) in [6, 6.07) is 10.3. The Labute approximate surface area is 196 Å². The fraction of sp³-hybridized carbons (Fsp3) is 0.333. The Morgan fingerprint density at radius 1 is 1.03 bits per heavy atom. The van der Waals surface area contributed by atoms with E-state index in [0.29, 0.717) is 15.3 Å². The zero-order valence-corrected chi connectivity index (χ0v) is 20.6. The largest absolute Gasteiger partial charge is 0.373 e. The third-order valence-corrected chi connectivity index (χ3v) is 9.04. The molecule has 12 heteroatoms. The van der Waals surface area contributed by atoms with Gasteiger partial charge in [0.25, 0.3) is 5.91 Å². The third kappa shape index (κ3) is 5.09. The highest BCUT2D eigenvalue weighted by Gasteiger charge is 2.32. The number of nitrogens with zero attached hydrogens (tertiary/aromatic N) is 2. The van der Waals surface area contributed by atoms with Crippen LogP contribution >= 0.6 is 11.3 Å². The van der Waals surface area contributed by atoms with Crippen LogP contribution in [0.2, 0.25) is 0 Å². The van der Waals surface area contributed by atoms with Gasteiger partial charge in [0.05, 0.1) is 32.2 Å². The minimum absolute atomic E-state index is 0.105. The van der Waals surface area contributed by atoms with Gasteiger partial charge in [-0.15, -0.1) is 0 Å². The van der Waals surface area contributed by atoms with E-state index in [4.69, 9.17) is 4.74 Å². The lowest BCUT2D eigenvalue weighted by molar-refractivity contribution is -0.0440. The van der Waals surface area contributed by atoms with E-state index in [1.54, 1.807) is 6.07 Å². The van der Waals surface area contributed by atoms with Crippen LogP contribution in [0.25, 0.3) is 10.2 Å². The molecule has 2 atom stereocenters. The van der Waals surface area contributed by atoms with Crippen molar-refractivity contribution in [3.8, 4) is 0 Å². The van der Waals surface area contributed by atoms with E-state index in [1.165, 1.54) is 40.7 Å². The molecule has 1 aliphatic heterocycles. The van der Waals surface area contributed by atoms with Crippen LogP contribution in [0.4, 0.5) is 5.13 Å². The van der Waals surface area contributed by atoms with Crippen molar-refractivity contribution >= 4 is 52.5 Å². The number of morpholine rings is 1. The Bertz CT molecular complexity index is 1410. The predicted octanol–water partition coefficient (Wildman–Crippen LogP) is 2.75. The lowest BCUT2D eigenvalue weighted by atomic mass is 10.2. The normalized spacial score (nSPS) is 20.1. The first-order valence-electron chi connectivity index (χ1n) is 10.1. The summed E-state index contributed by atoms with van der Waals surface area (Å²) >= 11 is 1.16. The number of rotatable bonds is 5. The van der Waals surface area contributed by atoms with Gasteiger partial charge in [-0.1, -0.05) is 11.3 Å². The Kier molecular flexibility index (Phi) is 6.31. The number of carbonyl (C=O) groups is 1. The van der Waals surface area contributed by atoms with Crippen molar-refractivity contribution in [1.82, 2.24) is 9.29 Å². The summed E-state index contributed by atoms with van der Waals surface area (Å²) in [4.78, 5) is 17.2. The molecule has 1 aromatic heterocycles. The predicted molar refractivity (Wildman–Crippen MR) is 126 cm³/mol. The van der Waals surface area contributed by atoms with Crippen LogP contribution in [0.15, 0.2) is 52.3 Å². The van der Waals surface area contributed by atoms with Gasteiger partial charge in [-0.3, -0.25) is 10.1 Å². The number of ether oxygens (including phenoxy) is 1. The first-order valence-corrected chi connectivity index (χ1v) is 14.3. The molecule has 0 spiro atoms. The van der Waals surface area contributed by atoms with Crippen LogP contribution in [0.1, 0.15) is 24.2 Å². The summed E-state index contributed by atoms with van der Waals surface area (Å²) in [7, 11) is -7.05. The van der Waals surface area contributed by atoms with Crippen LogP contribution in [0.5, 0.6) is 0 Å². The Morgan fingerprint density at radius 3 is 2.24 bits per heavy atom. The second kappa shape index (κ2) is 8.76. The van der Waals surface area contributed by atoms with E-state index in [0.717, 1.165) is 17.6 Å². The van der Waals surface area contributed by atoms with Crippen molar-refractivity contribution in [2.24, 2.45) is 0 Å². The number of amides is 1. The van der Waals surface area contributed by atoms with E-state index >= 15 is 0 Å². The monoisotopic (exact) mass is 509 g/mol. The first kappa shape index (κ1) is 23.8. The standard InChI is InChI=1S/C21H23N3O6S3/c1-13-11-24(12-14(2)30-13)33(28,29)16-6-4-15(5-7-16)20(25)23-21-22-18-9-8-17(32(3,26)27)10-19(18)31-21/h4-10,13-14H,11-12H2,1-3H3,(H,22,23,25). The molecule has 0 aliphatic carbocycles. The molecule has 1 fully saturated rings. The van der Waals surface area contributed by atoms with E-state index in [1.807, 2.05) is 13.8 Å². The van der Waals surface area contributed by atoms with Gasteiger partial charge in [-0.05, 0) is 56.3 Å². The van der Waals surface area contributed by atoms with E-state index in [9.17, 15) is 21.6 Å². The number of nitrogens with one attached hydrogen (secondary N) is 1. The molecule has 0 radical (unpaired) electrons. The molecule has 1 saturated heterocycles. The molecule has 1 aliphatic rings. The van der Waals surface area contributed by atoms with Crippen LogP contribution in [0.3, 0.4) is 0 Å². The lowest BCUT2D eigenvalue weighted by Gasteiger charge is -2.34. The number of benzene rings is 2. The Hall–Kier alpha value is -2.38. The molecule has 2 unspecified atom stereocenters. The summed E-state index contributed by atoms with van der Waals surface area (Å²) < 4.78 is 57.0. The number of fused-ring (bicyclic) bond motifs is 1. The van der Waals surface area contributed by atoms with Crippen molar-refractivity contribution in [2.45, 2.75) is 35.8 Å². The number of hydrogen-bond donors (Lipinski definition) is 1. The second-order valence-corrected chi connectivity index (χ2v) is 13.0. The van der Waals surface area contributed by atoms with Crippen molar-refractivity contribution in [3.05, 3.63) is 48.0 Å². The highest BCUT2D eigenvalue weighted by Crippen LogP contribution is 2.29. The number of carbonyl (C=O) groups excluding carboxylic acids is 1. The molecule has 33 heavy (non-hydrogen) atoms. The fourth-order valence-electron chi connectivity index (χ4n) is 3.61. The number of anilines is 1.